The molecule has 0 radical (unpaired) electrons. The number of hydrogen-bond donors (Lipinski definition) is 2. The Morgan fingerprint density at radius 2 is 2.04 bits per heavy atom. The van der Waals surface area contributed by atoms with Gasteiger partial charge in [0.15, 0.2) is 0 Å². The third-order valence-corrected chi connectivity index (χ3v) is 3.29. The second kappa shape index (κ2) is 8.77. The van der Waals surface area contributed by atoms with Crippen LogP contribution in [0.5, 0.6) is 0 Å². The van der Waals surface area contributed by atoms with Gasteiger partial charge in [0.05, 0.1) is 23.1 Å². The van der Waals surface area contributed by atoms with Crippen molar-refractivity contribution in [3.8, 4) is 0 Å². The summed E-state index contributed by atoms with van der Waals surface area (Å²) in [6.07, 6.45) is -0.291. The Balaban J connectivity index is 2.98. The molecule has 142 valence electrons. The number of hydrogen-bond acceptors (Lipinski definition) is 7. The lowest BCUT2D eigenvalue weighted by atomic mass is 9.86. The topological polar surface area (TPSA) is 122 Å². The van der Waals surface area contributed by atoms with Gasteiger partial charge in [-0.05, 0) is 33.7 Å². The second-order valence-corrected chi connectivity index (χ2v) is 6.86. The lowest BCUT2D eigenvalue weighted by molar-refractivity contribution is -0.384. The summed E-state index contributed by atoms with van der Waals surface area (Å²) >= 11 is 0. The summed E-state index contributed by atoms with van der Waals surface area (Å²) in [4.78, 5) is 36.3. The minimum absolute atomic E-state index is 0.158. The molecule has 0 aliphatic heterocycles. The van der Waals surface area contributed by atoms with Crippen molar-refractivity contribution in [2.24, 2.45) is 0 Å². The van der Waals surface area contributed by atoms with Gasteiger partial charge < -0.3 is 19.9 Å². The van der Waals surface area contributed by atoms with E-state index in [9.17, 15) is 24.7 Å². The molecule has 0 bridgehead atoms. The molecule has 1 rings (SSSR count). The molecule has 0 aliphatic rings. The Hall–Kier alpha value is -2.46. The Labute approximate surface area is 152 Å². The van der Waals surface area contributed by atoms with Crippen LogP contribution in [0.4, 0.5) is 11.4 Å². The summed E-state index contributed by atoms with van der Waals surface area (Å²) in [6, 6.07) is 4.52. The Bertz CT molecular complexity index is 674. The van der Waals surface area contributed by atoms with E-state index >= 15 is 0 Å². The zero-order chi connectivity index (χ0) is 20.1. The molecule has 26 heavy (non-hydrogen) atoms. The maximum atomic E-state index is 12.7. The number of rotatable bonds is 7. The molecule has 0 saturated carbocycles. The van der Waals surface area contributed by atoms with Gasteiger partial charge in [-0.3, -0.25) is 19.7 Å². The number of ether oxygens (including phenoxy) is 1. The van der Waals surface area contributed by atoms with Crippen LogP contribution in [0.15, 0.2) is 24.3 Å². The average molecular weight is 365 g/mol. The molecule has 0 unspecified atom stereocenters. The minimum atomic E-state index is -1.05. The third kappa shape index (κ3) is 6.81. The molecular formula is C16H24BN3O6. The first-order valence-electron chi connectivity index (χ1n) is 8.08. The van der Waals surface area contributed by atoms with E-state index in [1.165, 1.54) is 43.0 Å². The lowest BCUT2D eigenvalue weighted by Gasteiger charge is -2.26. The van der Waals surface area contributed by atoms with Gasteiger partial charge in [-0.25, -0.2) is 0 Å². The number of benzene rings is 1. The molecule has 0 fully saturated rings. The monoisotopic (exact) mass is 365 g/mol. The number of nitro benzene ring substituents is 1. The van der Waals surface area contributed by atoms with Crippen LogP contribution in [0.1, 0.15) is 27.2 Å². The van der Waals surface area contributed by atoms with Gasteiger partial charge >= 0.3 is 13.0 Å². The quantitative estimate of drug-likeness (QED) is 0.324. The van der Waals surface area contributed by atoms with E-state index in [0.29, 0.717) is 5.69 Å². The van der Waals surface area contributed by atoms with E-state index in [2.05, 4.69) is 5.23 Å². The SMILES string of the molecule is CB(O)N[C@H](CC(=O)OC(C)(C)C)C(=O)N(C)c1cccc([N+](=O)[O-])c1. The average Bonchev–Trinajstić information content (AvgIpc) is 2.50. The van der Waals surface area contributed by atoms with Crippen LogP contribution in [0.2, 0.25) is 6.82 Å². The van der Waals surface area contributed by atoms with Crippen molar-refractivity contribution in [2.75, 3.05) is 11.9 Å². The Kier molecular flexibility index (Phi) is 7.28. The van der Waals surface area contributed by atoms with Crippen molar-refractivity contribution in [2.45, 2.75) is 45.7 Å². The van der Waals surface area contributed by atoms with E-state index in [1.807, 2.05) is 0 Å². The number of nitro groups is 1. The molecule has 1 aromatic carbocycles. The van der Waals surface area contributed by atoms with E-state index in [1.54, 1.807) is 20.8 Å². The molecular weight excluding hydrogens is 341 g/mol. The van der Waals surface area contributed by atoms with Gasteiger partial charge in [-0.1, -0.05) is 6.07 Å². The molecule has 1 aromatic rings. The fraction of sp³-hybridized carbons (Fsp3) is 0.500. The van der Waals surface area contributed by atoms with Gasteiger partial charge in [0.1, 0.15) is 5.60 Å². The maximum Gasteiger partial charge on any atom is 0.374 e. The third-order valence-electron chi connectivity index (χ3n) is 3.29. The first kappa shape index (κ1) is 21.6. The predicted molar refractivity (Wildman–Crippen MR) is 97.7 cm³/mol. The van der Waals surface area contributed by atoms with Crippen molar-refractivity contribution in [3.05, 3.63) is 34.4 Å². The van der Waals surface area contributed by atoms with Gasteiger partial charge in [0.25, 0.3) is 5.69 Å². The van der Waals surface area contributed by atoms with Crippen LogP contribution in [0.25, 0.3) is 0 Å². The zero-order valence-corrected chi connectivity index (χ0v) is 15.6. The summed E-state index contributed by atoms with van der Waals surface area (Å²) in [7, 11) is 0.401. The van der Waals surface area contributed by atoms with Gasteiger partial charge in [-0.2, -0.15) is 0 Å². The maximum absolute atomic E-state index is 12.7. The molecule has 0 saturated heterocycles. The normalized spacial score (nSPS) is 12.2. The molecule has 0 aromatic heterocycles. The molecule has 0 heterocycles. The van der Waals surface area contributed by atoms with E-state index < -0.39 is 35.5 Å². The van der Waals surface area contributed by atoms with E-state index in [4.69, 9.17) is 4.74 Å². The molecule has 2 N–H and O–H groups in total. The largest absolute Gasteiger partial charge is 0.460 e. The first-order valence-corrected chi connectivity index (χ1v) is 8.08. The number of nitrogens with one attached hydrogen (secondary N) is 1. The molecule has 1 atom stereocenters. The molecule has 0 aliphatic carbocycles. The number of esters is 1. The fourth-order valence-corrected chi connectivity index (χ4v) is 2.23. The first-order chi connectivity index (χ1) is 11.9. The summed E-state index contributed by atoms with van der Waals surface area (Å²) in [5.74, 6) is -1.13. The van der Waals surface area contributed by atoms with Crippen molar-refractivity contribution in [1.29, 1.82) is 0 Å². The number of nitrogens with zero attached hydrogens (tertiary/aromatic N) is 2. The van der Waals surface area contributed by atoms with E-state index in [-0.39, 0.29) is 12.1 Å². The standard InChI is InChI=1S/C16H24BN3O6/c1-16(2,3)26-14(21)10-13(18-17(4)23)15(22)19(5)11-7-6-8-12(9-11)20(24)25/h6-9,13,18,23H,10H2,1-5H3/t13-/m1/s1. The number of likely N-dealkylation sites (N-methyl/N-ethyl adjacent to an activating group) is 1. The van der Waals surface area contributed by atoms with Crippen LogP contribution in [-0.2, 0) is 14.3 Å². The molecule has 9 nitrogen and oxygen atoms in total. The van der Waals surface area contributed by atoms with Crippen LogP contribution in [-0.4, -0.2) is 47.6 Å². The zero-order valence-electron chi connectivity index (χ0n) is 15.6. The summed E-state index contributed by atoms with van der Waals surface area (Å²) in [5, 5.41) is 23.1. The van der Waals surface area contributed by atoms with Crippen LogP contribution in [0, 0.1) is 10.1 Å². The van der Waals surface area contributed by atoms with Crippen molar-refractivity contribution >= 4 is 30.3 Å². The minimum Gasteiger partial charge on any atom is -0.460 e. The van der Waals surface area contributed by atoms with Crippen LogP contribution in [0.3, 0.4) is 0 Å². The van der Waals surface area contributed by atoms with Gasteiger partial charge in [0.2, 0.25) is 5.91 Å². The highest BCUT2D eigenvalue weighted by molar-refractivity contribution is 6.46. The number of carbonyl (C=O) groups is 2. The predicted octanol–water partition coefficient (Wildman–Crippen LogP) is 1.36. The number of anilines is 1. The molecule has 1 amide bonds. The van der Waals surface area contributed by atoms with Crippen molar-refractivity contribution < 1.29 is 24.3 Å². The van der Waals surface area contributed by atoms with Crippen molar-refractivity contribution in [3.63, 3.8) is 0 Å². The summed E-state index contributed by atoms with van der Waals surface area (Å²) in [6.45, 7) is 6.54. The van der Waals surface area contributed by atoms with Gasteiger partial charge in [0, 0.05) is 19.2 Å². The highest BCUT2D eigenvalue weighted by atomic mass is 16.6. The van der Waals surface area contributed by atoms with Crippen molar-refractivity contribution in [1.82, 2.24) is 5.23 Å². The number of non-ortho nitro benzene ring substituents is 1. The highest BCUT2D eigenvalue weighted by Gasteiger charge is 2.30. The fourth-order valence-electron chi connectivity index (χ4n) is 2.23. The Morgan fingerprint density at radius 3 is 2.54 bits per heavy atom. The Morgan fingerprint density at radius 1 is 1.42 bits per heavy atom. The van der Waals surface area contributed by atoms with Crippen LogP contribution >= 0.6 is 0 Å². The summed E-state index contributed by atoms with van der Waals surface area (Å²) < 4.78 is 5.22. The highest BCUT2D eigenvalue weighted by Crippen LogP contribution is 2.21. The smallest absolute Gasteiger partial charge is 0.374 e. The second-order valence-electron chi connectivity index (χ2n) is 6.86. The molecule has 0 spiro atoms. The summed E-state index contributed by atoms with van der Waals surface area (Å²) in [5.41, 5.74) is -0.568. The lowest BCUT2D eigenvalue weighted by Crippen LogP contribution is -2.51. The molecule has 10 heteroatoms. The number of carbonyl (C=O) groups excluding carboxylic acids is 2. The van der Waals surface area contributed by atoms with Gasteiger partial charge in [-0.15, -0.1) is 0 Å². The van der Waals surface area contributed by atoms with Crippen LogP contribution < -0.4 is 10.1 Å². The van der Waals surface area contributed by atoms with E-state index in [0.717, 1.165) is 0 Å². The number of amides is 1.